The molecule has 6 rings (SSSR count). The number of aliphatic hydroxyl groups excluding tert-OH is 1. The summed E-state index contributed by atoms with van der Waals surface area (Å²) in [7, 11) is 1.53. The van der Waals surface area contributed by atoms with Crippen LogP contribution in [0.1, 0.15) is 19.3 Å². The fraction of sp³-hybridized carbons (Fsp3) is 0.480. The highest BCUT2D eigenvalue weighted by molar-refractivity contribution is 6.33. The average molecular weight is 569 g/mol. The first-order chi connectivity index (χ1) is 18.4. The summed E-state index contributed by atoms with van der Waals surface area (Å²) in [6.07, 6.45) is 0.699. The molecule has 14 heteroatoms. The lowest BCUT2D eigenvalue weighted by Crippen LogP contribution is -2.50. The Labute approximate surface area is 224 Å². The molecule has 3 aliphatic rings. The topological polar surface area (TPSA) is 105 Å². The third-order valence-electron chi connectivity index (χ3n) is 7.27. The summed E-state index contributed by atoms with van der Waals surface area (Å²) < 4.78 is 64.6. The first-order valence-electron chi connectivity index (χ1n) is 12.5. The number of nitrogens with zero attached hydrogens (tertiary/aromatic N) is 4. The van der Waals surface area contributed by atoms with E-state index in [1.54, 1.807) is 18.2 Å². The van der Waals surface area contributed by atoms with E-state index in [0.29, 0.717) is 29.4 Å². The summed E-state index contributed by atoms with van der Waals surface area (Å²) >= 11 is 6.30. The van der Waals surface area contributed by atoms with Crippen LogP contribution in [0.25, 0.3) is 10.9 Å². The largest absolute Gasteiger partial charge is 0.480 e. The SMILES string of the molecule is Cn1c(=O)c2c(c3cc(Nc4nc(N5CC(O)CC(F)(F)C5)ncc4Cl)ccc31)NC(C1CC1)C(F)(F)CO2. The van der Waals surface area contributed by atoms with Crippen LogP contribution in [0.5, 0.6) is 5.75 Å². The van der Waals surface area contributed by atoms with Crippen LogP contribution in [0.2, 0.25) is 5.02 Å². The minimum atomic E-state index is -3.17. The van der Waals surface area contributed by atoms with E-state index in [0.717, 1.165) is 0 Å². The molecule has 2 fully saturated rings. The first kappa shape index (κ1) is 25.9. The number of aliphatic hydroxyl groups is 1. The summed E-state index contributed by atoms with van der Waals surface area (Å²) in [4.78, 5) is 22.5. The fourth-order valence-electron chi connectivity index (χ4n) is 5.25. The highest BCUT2D eigenvalue weighted by atomic mass is 35.5. The zero-order chi connectivity index (χ0) is 27.7. The van der Waals surface area contributed by atoms with Gasteiger partial charge in [0.15, 0.2) is 12.4 Å². The van der Waals surface area contributed by atoms with Gasteiger partial charge >= 0.3 is 5.92 Å². The highest BCUT2D eigenvalue weighted by Crippen LogP contribution is 2.45. The average Bonchev–Trinajstić information content (AvgIpc) is 3.70. The quantitative estimate of drug-likeness (QED) is 0.403. The predicted molar refractivity (Wildman–Crippen MR) is 138 cm³/mol. The summed E-state index contributed by atoms with van der Waals surface area (Å²) in [5, 5.41) is 16.4. The molecule has 2 unspecified atom stereocenters. The summed E-state index contributed by atoms with van der Waals surface area (Å²) in [5.41, 5.74) is 0.575. The number of pyridine rings is 1. The molecule has 208 valence electrons. The smallest absolute Gasteiger partial charge is 0.301 e. The van der Waals surface area contributed by atoms with Gasteiger partial charge in [-0.3, -0.25) is 4.79 Å². The molecule has 0 amide bonds. The van der Waals surface area contributed by atoms with Crippen LogP contribution in [0.15, 0.2) is 29.2 Å². The highest BCUT2D eigenvalue weighted by Gasteiger charge is 2.51. The van der Waals surface area contributed by atoms with Crippen molar-refractivity contribution < 1.29 is 27.4 Å². The number of aryl methyl sites for hydroxylation is 1. The number of aromatic nitrogens is 3. The van der Waals surface area contributed by atoms with Crippen molar-refractivity contribution in [1.82, 2.24) is 14.5 Å². The van der Waals surface area contributed by atoms with Crippen molar-refractivity contribution in [1.29, 1.82) is 0 Å². The Morgan fingerprint density at radius 1 is 1.26 bits per heavy atom. The maximum absolute atomic E-state index is 14.9. The molecule has 39 heavy (non-hydrogen) atoms. The fourth-order valence-corrected chi connectivity index (χ4v) is 5.38. The molecule has 2 aliphatic heterocycles. The third kappa shape index (κ3) is 4.82. The van der Waals surface area contributed by atoms with E-state index in [1.165, 1.54) is 22.7 Å². The second-order valence-corrected chi connectivity index (χ2v) is 10.8. The number of anilines is 4. The number of rotatable bonds is 4. The molecule has 2 aromatic heterocycles. The lowest BCUT2D eigenvalue weighted by Gasteiger charge is -2.35. The number of β-amino-alcohol motifs (C(OH)–C–C–N with tert-alkyl or cyclic N) is 1. The zero-order valence-corrected chi connectivity index (χ0v) is 21.5. The van der Waals surface area contributed by atoms with E-state index in [9.17, 15) is 27.5 Å². The summed E-state index contributed by atoms with van der Waals surface area (Å²) in [6, 6.07) is 3.76. The molecule has 1 aromatic carbocycles. The second kappa shape index (κ2) is 9.12. The second-order valence-electron chi connectivity index (χ2n) is 10.4. The third-order valence-corrected chi connectivity index (χ3v) is 7.55. The van der Waals surface area contributed by atoms with Gasteiger partial charge in [0.2, 0.25) is 11.7 Å². The van der Waals surface area contributed by atoms with E-state index in [1.807, 2.05) is 0 Å². The molecule has 4 heterocycles. The molecule has 9 nitrogen and oxygen atoms in total. The van der Waals surface area contributed by atoms with Gasteiger partial charge in [0.1, 0.15) is 5.02 Å². The maximum Gasteiger partial charge on any atom is 0.301 e. The maximum atomic E-state index is 14.9. The van der Waals surface area contributed by atoms with Gasteiger partial charge in [0.05, 0.1) is 36.1 Å². The van der Waals surface area contributed by atoms with Crippen LogP contribution in [-0.2, 0) is 7.05 Å². The Hall–Kier alpha value is -3.32. The summed E-state index contributed by atoms with van der Waals surface area (Å²) in [5.74, 6) is -6.61. The van der Waals surface area contributed by atoms with Gasteiger partial charge in [0, 0.05) is 31.1 Å². The number of hydrogen-bond acceptors (Lipinski definition) is 8. The van der Waals surface area contributed by atoms with Crippen molar-refractivity contribution in [3.63, 3.8) is 0 Å². The Morgan fingerprint density at radius 3 is 2.74 bits per heavy atom. The van der Waals surface area contributed by atoms with Gasteiger partial charge in [0.25, 0.3) is 11.5 Å². The lowest BCUT2D eigenvalue weighted by molar-refractivity contribution is -0.0579. The number of fused-ring (bicyclic) bond motifs is 3. The number of halogens is 5. The number of benzene rings is 1. The van der Waals surface area contributed by atoms with Crippen molar-refractivity contribution in [2.24, 2.45) is 13.0 Å². The number of ether oxygens (including phenoxy) is 1. The standard InChI is InChI=1S/C25H25ClF4N6O3/c1-35-17-5-4-13(32-21-16(26)8-31-23(34-21)36-9-14(37)7-24(27,28)10-36)6-15(17)18-19(22(35)38)39-11-25(29,30)20(33-18)12-2-3-12/h4-6,8,12,14,20,33,37H,2-3,7,9-11H2,1H3,(H,31,32,34). The van der Waals surface area contributed by atoms with E-state index >= 15 is 0 Å². The van der Waals surface area contributed by atoms with Gasteiger partial charge < -0.3 is 29.9 Å². The normalized spacial score (nSPS) is 23.9. The van der Waals surface area contributed by atoms with Crippen molar-refractivity contribution in [3.8, 4) is 5.75 Å². The van der Waals surface area contributed by atoms with Crippen LogP contribution in [0.3, 0.4) is 0 Å². The van der Waals surface area contributed by atoms with Gasteiger partial charge in [-0.15, -0.1) is 0 Å². The molecular formula is C25H25ClF4N6O3. The summed E-state index contributed by atoms with van der Waals surface area (Å²) in [6.45, 7) is -1.62. The lowest BCUT2D eigenvalue weighted by atomic mass is 10.0. The van der Waals surface area contributed by atoms with E-state index < -0.39 is 49.1 Å². The van der Waals surface area contributed by atoms with Gasteiger partial charge in [-0.05, 0) is 37.0 Å². The van der Waals surface area contributed by atoms with Crippen LogP contribution in [-0.4, -0.2) is 63.3 Å². The minimum Gasteiger partial charge on any atom is -0.480 e. The predicted octanol–water partition coefficient (Wildman–Crippen LogP) is 4.15. The molecule has 3 aromatic rings. The van der Waals surface area contributed by atoms with Crippen molar-refractivity contribution >= 4 is 45.6 Å². The van der Waals surface area contributed by atoms with Crippen LogP contribution in [0, 0.1) is 5.92 Å². The Balaban J connectivity index is 1.38. The van der Waals surface area contributed by atoms with Gasteiger partial charge in [-0.25, -0.2) is 22.5 Å². The van der Waals surface area contributed by atoms with Crippen molar-refractivity contribution in [3.05, 3.63) is 39.8 Å². The first-order valence-corrected chi connectivity index (χ1v) is 12.8. The Kier molecular flexibility index (Phi) is 6.06. The van der Waals surface area contributed by atoms with Crippen LogP contribution in [0.4, 0.5) is 40.7 Å². The molecule has 1 saturated carbocycles. The molecule has 1 saturated heterocycles. The molecule has 1 aliphatic carbocycles. The molecule has 2 atom stereocenters. The van der Waals surface area contributed by atoms with E-state index in [4.69, 9.17) is 16.3 Å². The molecule has 0 radical (unpaired) electrons. The number of piperidine rings is 1. The zero-order valence-electron chi connectivity index (χ0n) is 20.7. The number of alkyl halides is 4. The Morgan fingerprint density at radius 2 is 2.03 bits per heavy atom. The molecule has 0 spiro atoms. The number of hydrogen-bond donors (Lipinski definition) is 3. The molecule has 3 N–H and O–H groups in total. The van der Waals surface area contributed by atoms with Crippen molar-refractivity contribution in [2.45, 2.75) is 43.3 Å². The van der Waals surface area contributed by atoms with Crippen LogP contribution < -0.4 is 25.8 Å². The van der Waals surface area contributed by atoms with Crippen LogP contribution >= 0.6 is 11.6 Å². The molecular weight excluding hydrogens is 544 g/mol. The van der Waals surface area contributed by atoms with Crippen molar-refractivity contribution in [2.75, 3.05) is 35.2 Å². The monoisotopic (exact) mass is 568 g/mol. The van der Waals surface area contributed by atoms with Gasteiger partial charge in [-0.2, -0.15) is 4.98 Å². The Bertz CT molecular complexity index is 1520. The van der Waals surface area contributed by atoms with Gasteiger partial charge in [-0.1, -0.05) is 11.6 Å². The van der Waals surface area contributed by atoms with E-state index in [2.05, 4.69) is 20.6 Å². The number of nitrogens with one attached hydrogen (secondary N) is 2. The minimum absolute atomic E-state index is 0.0399. The molecule has 0 bridgehead atoms. The van der Waals surface area contributed by atoms with E-state index in [-0.39, 0.29) is 40.7 Å².